The third-order valence-corrected chi connectivity index (χ3v) is 26.4. The first-order valence-electron chi connectivity index (χ1n) is 40.5. The van der Waals surface area contributed by atoms with Crippen LogP contribution in [-0.2, 0) is 17.3 Å². The van der Waals surface area contributed by atoms with E-state index in [1.54, 1.807) is 0 Å². The molecule has 26 rings (SSSR count). The maximum absolute atomic E-state index is 6.16. The Kier molecular flexibility index (Phi) is 14.6. The number of para-hydroxylation sites is 2. The predicted octanol–water partition coefficient (Wildman–Crippen LogP) is 29.7. The highest BCUT2D eigenvalue weighted by molar-refractivity contribution is 6.31. The molecule has 548 valence electrons. The Bertz CT molecular complexity index is 8330. The smallest absolute Gasteiger partial charge is 0.235 e. The lowest BCUT2D eigenvalue weighted by Crippen LogP contribution is -2.15. The van der Waals surface area contributed by atoms with E-state index in [1.807, 2.05) is 24.3 Å². The van der Waals surface area contributed by atoms with E-state index < -0.39 is 0 Å². The number of rotatable bonds is 3. The molecule has 0 amide bonds. The Morgan fingerprint density at radius 2 is 0.598 bits per heavy atom. The van der Waals surface area contributed by atoms with E-state index in [4.69, 9.17) is 21.6 Å². The van der Waals surface area contributed by atoms with E-state index in [0.29, 0.717) is 5.95 Å². The van der Waals surface area contributed by atoms with Gasteiger partial charge in [0.25, 0.3) is 0 Å². The molecule has 0 unspecified atom stereocenters. The zero-order valence-corrected chi connectivity index (χ0v) is 65.6. The van der Waals surface area contributed by atoms with Gasteiger partial charge in [-0.1, -0.05) is 313 Å². The third kappa shape index (κ3) is 10.2. The minimum absolute atomic E-state index is 0.0485. The maximum atomic E-state index is 6.16. The molecule has 0 saturated carbocycles. The summed E-state index contributed by atoms with van der Waals surface area (Å²) in [5, 5.41) is 30.2. The summed E-state index contributed by atoms with van der Waals surface area (Å²) in [5.74, 6) is 0.671. The van der Waals surface area contributed by atoms with Gasteiger partial charge in [0.15, 0.2) is 0 Å². The van der Waals surface area contributed by atoms with Crippen molar-refractivity contribution in [1.82, 2.24) is 24.5 Å². The molecule has 3 aliphatic rings. The van der Waals surface area contributed by atoms with Crippen LogP contribution < -0.4 is 0 Å². The van der Waals surface area contributed by atoms with Crippen LogP contribution in [0.15, 0.2) is 352 Å². The van der Waals surface area contributed by atoms with Crippen molar-refractivity contribution in [2.45, 2.75) is 44.9 Å². The van der Waals surface area contributed by atoms with Crippen LogP contribution in [0.1, 0.15) is 61.1 Å². The molecule has 3 aliphatic carbocycles. The fourth-order valence-electron chi connectivity index (χ4n) is 20.6. The Morgan fingerprint density at radius 1 is 0.239 bits per heavy atom. The van der Waals surface area contributed by atoms with Gasteiger partial charge < -0.3 is 0 Å². The second-order valence-corrected chi connectivity index (χ2v) is 33.5. The van der Waals surface area contributed by atoms with Crippen molar-refractivity contribution in [3.05, 3.63) is 391 Å². The number of aromatic nitrogens is 5. The zero-order chi connectivity index (χ0) is 77.7. The lowest BCUT2D eigenvalue weighted by atomic mass is 9.81. The van der Waals surface area contributed by atoms with Crippen molar-refractivity contribution in [2.24, 2.45) is 0 Å². The first-order chi connectivity index (χ1) is 57.4. The summed E-state index contributed by atoms with van der Waals surface area (Å²) in [4.78, 5) is 19.9. The third-order valence-electron chi connectivity index (χ3n) is 26.2. The molecular weight excluding hydrogens is 1440 g/mol. The number of hydrogen-bond donors (Lipinski definition) is 0. The molecule has 5 nitrogen and oxygen atoms in total. The second-order valence-electron chi connectivity index (χ2n) is 33.2. The van der Waals surface area contributed by atoms with Gasteiger partial charge in [0.2, 0.25) is 11.2 Å². The lowest BCUT2D eigenvalue weighted by molar-refractivity contribution is 0.659. The van der Waals surface area contributed by atoms with Crippen LogP contribution in [0, 0.1) is 0 Å². The molecule has 23 aromatic rings. The zero-order valence-electron chi connectivity index (χ0n) is 64.8. The number of halogens is 1. The van der Waals surface area contributed by atoms with Crippen LogP contribution in [0.4, 0.5) is 0 Å². The van der Waals surface area contributed by atoms with Crippen molar-refractivity contribution in [3.63, 3.8) is 0 Å². The van der Waals surface area contributed by atoms with Crippen molar-refractivity contribution >= 4 is 163 Å². The Morgan fingerprint density at radius 3 is 1.14 bits per heavy atom. The van der Waals surface area contributed by atoms with Crippen LogP contribution in [-0.4, -0.2) is 24.5 Å². The number of hydrogen-bond acceptors (Lipinski definition) is 4. The quantitative estimate of drug-likeness (QED) is 0.131. The topological polar surface area (TPSA) is 56.5 Å². The SMILES string of the molecule is CC1(C)c2ccccc2-c2cc3c(cc21)Cc1cc2c4ccccc4c4ccccc4c2cc1-3.CC1(C)c2ccccc2-c2cc3c4cc5c6ccccc6c6ccccc6c5cc4n(-c4nc(-c5ccc6ccc7ccccc7c6c5)c5ccccc5n4)c3cc21.Clc1nc(-c2ccc3ccc4ccccc4c3c2)c2ccccc2n1. The molecule has 20 aromatic carbocycles. The Balaban J connectivity index is 0.000000112. The molecule has 6 heteroatoms. The molecule has 3 aromatic heterocycles. The van der Waals surface area contributed by atoms with Gasteiger partial charge in [-0.25, -0.2) is 19.9 Å². The highest BCUT2D eigenvalue weighted by atomic mass is 35.5. The van der Waals surface area contributed by atoms with Crippen LogP contribution in [0.25, 0.3) is 213 Å². The van der Waals surface area contributed by atoms with Crippen molar-refractivity contribution in [3.8, 4) is 61.8 Å². The van der Waals surface area contributed by atoms with Gasteiger partial charge in [0.1, 0.15) is 0 Å². The minimum Gasteiger partial charge on any atom is -0.278 e. The monoisotopic (exact) mass is 1510 g/mol. The molecular formula is C111H72ClN5. The summed E-state index contributed by atoms with van der Waals surface area (Å²) < 4.78 is 2.35. The molecule has 0 aliphatic heterocycles. The molecule has 0 atom stereocenters. The molecule has 0 saturated heterocycles. The summed E-state index contributed by atoms with van der Waals surface area (Å²) in [6.07, 6.45) is 1.02. The molecule has 0 radical (unpaired) electrons. The molecule has 0 fully saturated rings. The molecule has 0 spiro atoms. The highest BCUT2D eigenvalue weighted by Gasteiger charge is 2.39. The Hall–Kier alpha value is -14.2. The van der Waals surface area contributed by atoms with Gasteiger partial charge in [-0.3, -0.25) is 4.57 Å². The van der Waals surface area contributed by atoms with Crippen molar-refractivity contribution < 1.29 is 0 Å². The standard InChI is InChI=1S/C55H35N3.C34H24.C22H13ClN2/c1-55(2)48-21-11-9-19-40(48)45-29-47-46-28-43-38-17-7-5-15-36(38)37-16-6-8-18-39(37)44(43)30-51(46)58(52(47)31-49(45)55)54-56-50-22-12-10-20-41(50)53(57-54)34-26-25-33-24-23-32-13-3-4-14-35(32)42(33)27-34;1-34(2)32-14-8-7-13-26(32)31-19-28-21(17-33(31)34)15-20-16-29-24-11-5-3-9-22(24)23-10-4-6-12-25(23)30(29)18-27(20)28;23-22-24-20-8-4-3-7-18(20)21(25-22)16-12-11-15-10-9-14-5-1-2-6-17(14)19(15)13-16/h3-31H,1-2H3;3-14,16-19H,15H2,1-2H3;1-13H. The van der Waals surface area contributed by atoms with Gasteiger partial charge in [-0.2, -0.15) is 0 Å². The van der Waals surface area contributed by atoms with E-state index in [2.05, 4.69) is 370 Å². The van der Waals surface area contributed by atoms with Crippen LogP contribution >= 0.6 is 11.6 Å². The molecule has 0 N–H and O–H groups in total. The summed E-state index contributed by atoms with van der Waals surface area (Å²) in [6.45, 7) is 9.46. The van der Waals surface area contributed by atoms with E-state index in [9.17, 15) is 0 Å². The van der Waals surface area contributed by atoms with E-state index >= 15 is 0 Å². The van der Waals surface area contributed by atoms with Gasteiger partial charge in [-0.05, 0) is 259 Å². The summed E-state index contributed by atoms with van der Waals surface area (Å²) in [7, 11) is 0. The number of nitrogens with zero attached hydrogens (tertiary/aromatic N) is 5. The van der Waals surface area contributed by atoms with Gasteiger partial charge >= 0.3 is 0 Å². The van der Waals surface area contributed by atoms with E-state index in [-0.39, 0.29) is 16.1 Å². The van der Waals surface area contributed by atoms with Crippen molar-refractivity contribution in [1.29, 1.82) is 0 Å². The summed E-state index contributed by atoms with van der Waals surface area (Å²) in [6, 6.07) is 128. The van der Waals surface area contributed by atoms with Gasteiger partial charge in [0, 0.05) is 43.5 Å². The molecule has 117 heavy (non-hydrogen) atoms. The number of fused-ring (bicyclic) bond motifs is 32. The highest BCUT2D eigenvalue weighted by Crippen LogP contribution is 2.55. The first kappa shape index (κ1) is 67.3. The first-order valence-corrected chi connectivity index (χ1v) is 40.9. The number of benzene rings is 20. The average molecular weight is 1510 g/mol. The van der Waals surface area contributed by atoms with E-state index in [1.165, 1.54) is 185 Å². The fourth-order valence-corrected chi connectivity index (χ4v) is 20.7. The van der Waals surface area contributed by atoms with Crippen LogP contribution in [0.2, 0.25) is 5.28 Å². The molecule has 0 bridgehead atoms. The summed E-state index contributed by atoms with van der Waals surface area (Å²) in [5.41, 5.74) is 24.6. The van der Waals surface area contributed by atoms with Crippen LogP contribution in [0.3, 0.4) is 0 Å². The lowest BCUT2D eigenvalue weighted by Gasteiger charge is -2.22. The second kappa shape index (κ2) is 25.4. The maximum Gasteiger partial charge on any atom is 0.235 e. The normalized spacial score (nSPS) is 13.4. The van der Waals surface area contributed by atoms with Gasteiger partial charge in [-0.15, -0.1) is 0 Å². The Labute approximate surface area is 680 Å². The van der Waals surface area contributed by atoms with E-state index in [0.717, 1.165) is 61.8 Å². The minimum atomic E-state index is -0.165. The predicted molar refractivity (Wildman–Crippen MR) is 494 cm³/mol. The summed E-state index contributed by atoms with van der Waals surface area (Å²) >= 11 is 6.16. The largest absolute Gasteiger partial charge is 0.278 e. The van der Waals surface area contributed by atoms with Gasteiger partial charge in [0.05, 0.1) is 33.5 Å². The average Bonchev–Trinajstić information content (AvgIpc) is 1.56. The molecule has 3 heterocycles. The van der Waals surface area contributed by atoms with Crippen molar-refractivity contribution in [2.75, 3.05) is 0 Å². The van der Waals surface area contributed by atoms with Crippen LogP contribution in [0.5, 0.6) is 0 Å². The fraction of sp³-hybridized carbons (Fsp3) is 0.0631.